The highest BCUT2D eigenvalue weighted by atomic mass is 35.5. The summed E-state index contributed by atoms with van der Waals surface area (Å²) in [5.74, 6) is 0. The Hall–Kier alpha value is -0.910. The maximum Gasteiger partial charge on any atom is 0.0998 e. The predicted molar refractivity (Wildman–Crippen MR) is 76.6 cm³/mol. The molecule has 1 nitrogen and oxygen atoms in total. The van der Waals surface area contributed by atoms with Crippen LogP contribution in [0.5, 0.6) is 0 Å². The lowest BCUT2D eigenvalue weighted by molar-refractivity contribution is 1.48. The Labute approximate surface area is 124 Å². The van der Waals surface area contributed by atoms with Crippen LogP contribution in [-0.4, -0.2) is 0 Å². The first-order chi connectivity index (χ1) is 8.54. The molecule has 5 heteroatoms. The first-order valence-electron chi connectivity index (χ1n) is 4.88. The normalized spacial score (nSPS) is 10.2. The molecule has 2 aromatic rings. The summed E-state index contributed by atoms with van der Waals surface area (Å²) in [6.45, 7) is 0. The van der Waals surface area contributed by atoms with Gasteiger partial charge in [0.05, 0.1) is 26.7 Å². The third-order valence-corrected chi connectivity index (χ3v) is 3.92. The van der Waals surface area contributed by atoms with Crippen LogP contribution in [0.3, 0.4) is 0 Å². The van der Waals surface area contributed by atoms with Crippen LogP contribution >= 0.6 is 46.4 Å². The minimum atomic E-state index is 0.285. The lowest BCUT2D eigenvalue weighted by atomic mass is 10.0. The number of nitrogens with zero attached hydrogens (tertiary/aromatic N) is 1. The number of rotatable bonds is 1. The molecule has 18 heavy (non-hydrogen) atoms. The van der Waals surface area contributed by atoms with Crippen molar-refractivity contribution < 1.29 is 0 Å². The summed E-state index contributed by atoms with van der Waals surface area (Å²) >= 11 is 24.0. The molecule has 0 spiro atoms. The highest BCUT2D eigenvalue weighted by molar-refractivity contribution is 6.48. The van der Waals surface area contributed by atoms with E-state index in [4.69, 9.17) is 51.7 Å². The molecule has 0 bridgehead atoms. The van der Waals surface area contributed by atoms with Gasteiger partial charge in [0.25, 0.3) is 0 Å². The molecule has 0 fully saturated rings. The zero-order chi connectivity index (χ0) is 13.3. The first kappa shape index (κ1) is 13.5. The molecule has 0 aliphatic carbocycles. The fraction of sp³-hybridized carbons (Fsp3) is 0. The molecule has 0 heterocycles. The summed E-state index contributed by atoms with van der Waals surface area (Å²) in [6.07, 6.45) is 0. The van der Waals surface area contributed by atoms with Gasteiger partial charge < -0.3 is 0 Å². The standard InChI is InChI=1S/C13H5Cl4N/c14-9-3-1-2-7(6-18)12(9)8-4-10(15)13(17)11(16)5-8/h1-5H. The molecular weight excluding hydrogens is 312 g/mol. The summed E-state index contributed by atoms with van der Waals surface area (Å²) in [6, 6.07) is 10.5. The van der Waals surface area contributed by atoms with Gasteiger partial charge in [0.15, 0.2) is 0 Å². The maximum atomic E-state index is 9.10. The molecule has 0 N–H and O–H groups in total. The van der Waals surface area contributed by atoms with Gasteiger partial charge in [-0.1, -0.05) is 52.5 Å². The van der Waals surface area contributed by atoms with Gasteiger partial charge >= 0.3 is 0 Å². The molecule has 0 amide bonds. The van der Waals surface area contributed by atoms with Crippen molar-refractivity contribution >= 4 is 46.4 Å². The highest BCUT2D eigenvalue weighted by Gasteiger charge is 2.13. The molecule has 0 radical (unpaired) electrons. The Balaban J connectivity index is 2.74. The molecule has 0 aliphatic rings. The molecule has 2 aromatic carbocycles. The van der Waals surface area contributed by atoms with E-state index in [0.29, 0.717) is 31.8 Å². The Morgan fingerprint density at radius 2 is 1.50 bits per heavy atom. The molecule has 0 atom stereocenters. The van der Waals surface area contributed by atoms with E-state index in [9.17, 15) is 0 Å². The summed E-state index contributed by atoms with van der Waals surface area (Å²) in [5, 5.41) is 10.5. The fourth-order valence-corrected chi connectivity index (χ4v) is 2.49. The Morgan fingerprint density at radius 1 is 0.889 bits per heavy atom. The number of hydrogen-bond acceptors (Lipinski definition) is 1. The monoisotopic (exact) mass is 315 g/mol. The van der Waals surface area contributed by atoms with Crippen molar-refractivity contribution in [3.63, 3.8) is 0 Å². The van der Waals surface area contributed by atoms with Gasteiger partial charge in [-0.25, -0.2) is 0 Å². The van der Waals surface area contributed by atoms with E-state index < -0.39 is 0 Å². The van der Waals surface area contributed by atoms with Crippen LogP contribution in [0.15, 0.2) is 30.3 Å². The van der Waals surface area contributed by atoms with Gasteiger partial charge in [-0.15, -0.1) is 0 Å². The van der Waals surface area contributed by atoms with Gasteiger partial charge in [-0.05, 0) is 29.8 Å². The summed E-state index contributed by atoms with van der Waals surface area (Å²) < 4.78 is 0. The van der Waals surface area contributed by atoms with E-state index >= 15 is 0 Å². The summed E-state index contributed by atoms with van der Waals surface area (Å²) in [7, 11) is 0. The van der Waals surface area contributed by atoms with E-state index in [1.54, 1.807) is 30.3 Å². The molecular formula is C13H5Cl4N. The van der Waals surface area contributed by atoms with Crippen LogP contribution in [0.25, 0.3) is 11.1 Å². The third-order valence-electron chi connectivity index (χ3n) is 2.41. The van der Waals surface area contributed by atoms with Crippen LogP contribution in [0, 0.1) is 11.3 Å². The van der Waals surface area contributed by atoms with Gasteiger partial charge in [0.2, 0.25) is 0 Å². The van der Waals surface area contributed by atoms with Crippen molar-refractivity contribution in [1.82, 2.24) is 0 Å². The summed E-state index contributed by atoms with van der Waals surface area (Å²) in [5.41, 5.74) is 1.72. The van der Waals surface area contributed by atoms with Crippen molar-refractivity contribution in [1.29, 1.82) is 5.26 Å². The van der Waals surface area contributed by atoms with Gasteiger partial charge in [-0.3, -0.25) is 0 Å². The molecule has 0 saturated heterocycles. The lowest BCUT2D eigenvalue weighted by Gasteiger charge is -2.09. The second-order valence-corrected chi connectivity index (χ2v) is 5.13. The zero-order valence-electron chi connectivity index (χ0n) is 8.85. The van der Waals surface area contributed by atoms with Crippen molar-refractivity contribution in [3.8, 4) is 17.2 Å². The number of benzene rings is 2. The Morgan fingerprint density at radius 3 is 2.06 bits per heavy atom. The molecule has 90 valence electrons. The number of halogens is 4. The molecule has 0 unspecified atom stereocenters. The van der Waals surface area contributed by atoms with Crippen LogP contribution in [0.2, 0.25) is 20.1 Å². The van der Waals surface area contributed by atoms with Gasteiger partial charge in [0.1, 0.15) is 0 Å². The minimum absolute atomic E-state index is 0.285. The molecule has 0 aliphatic heterocycles. The van der Waals surface area contributed by atoms with Crippen LogP contribution in [0.1, 0.15) is 5.56 Å². The van der Waals surface area contributed by atoms with Crippen LogP contribution < -0.4 is 0 Å². The average Bonchev–Trinajstić information content (AvgIpc) is 2.35. The van der Waals surface area contributed by atoms with Crippen LogP contribution in [-0.2, 0) is 0 Å². The third kappa shape index (κ3) is 2.43. The average molecular weight is 317 g/mol. The van der Waals surface area contributed by atoms with Crippen molar-refractivity contribution in [2.45, 2.75) is 0 Å². The number of nitriles is 1. The molecule has 0 aromatic heterocycles. The molecule has 0 saturated carbocycles. The Bertz CT molecular complexity index is 636. The first-order valence-corrected chi connectivity index (χ1v) is 6.39. The van der Waals surface area contributed by atoms with Gasteiger partial charge in [0, 0.05) is 10.6 Å². The van der Waals surface area contributed by atoms with E-state index in [1.165, 1.54) is 0 Å². The minimum Gasteiger partial charge on any atom is -0.192 e. The summed E-state index contributed by atoms with van der Waals surface area (Å²) in [4.78, 5) is 0. The number of hydrogen-bond donors (Lipinski definition) is 0. The van der Waals surface area contributed by atoms with E-state index in [2.05, 4.69) is 6.07 Å². The largest absolute Gasteiger partial charge is 0.192 e. The SMILES string of the molecule is N#Cc1cccc(Cl)c1-c1cc(Cl)c(Cl)c(Cl)c1. The second kappa shape index (κ2) is 5.38. The van der Waals surface area contributed by atoms with Crippen molar-refractivity contribution in [3.05, 3.63) is 56.0 Å². The van der Waals surface area contributed by atoms with Crippen molar-refractivity contribution in [2.24, 2.45) is 0 Å². The van der Waals surface area contributed by atoms with Crippen molar-refractivity contribution in [2.75, 3.05) is 0 Å². The highest BCUT2D eigenvalue weighted by Crippen LogP contribution is 2.38. The van der Waals surface area contributed by atoms with E-state index in [0.717, 1.165) is 0 Å². The molecule has 2 rings (SSSR count). The second-order valence-electron chi connectivity index (χ2n) is 3.53. The van der Waals surface area contributed by atoms with Crippen LogP contribution in [0.4, 0.5) is 0 Å². The smallest absolute Gasteiger partial charge is 0.0998 e. The Kier molecular flexibility index (Phi) is 4.04. The lowest BCUT2D eigenvalue weighted by Crippen LogP contribution is -1.87. The van der Waals surface area contributed by atoms with E-state index in [1.807, 2.05) is 0 Å². The fourth-order valence-electron chi connectivity index (χ4n) is 1.61. The zero-order valence-corrected chi connectivity index (χ0v) is 11.9. The maximum absolute atomic E-state index is 9.10. The topological polar surface area (TPSA) is 23.8 Å². The quantitative estimate of drug-likeness (QED) is 0.606. The van der Waals surface area contributed by atoms with Gasteiger partial charge in [-0.2, -0.15) is 5.26 Å². The van der Waals surface area contributed by atoms with E-state index in [-0.39, 0.29) is 5.02 Å². The predicted octanol–water partition coefficient (Wildman–Crippen LogP) is 5.84.